The molecule has 0 aromatic heterocycles. The van der Waals surface area contributed by atoms with E-state index in [1.54, 1.807) is 32.7 Å². The Balaban J connectivity index is 3.27. The molecule has 1 aliphatic heterocycles. The van der Waals surface area contributed by atoms with Gasteiger partial charge in [-0.1, -0.05) is 82.0 Å². The highest BCUT2D eigenvalue weighted by Gasteiger charge is 2.53. The lowest BCUT2D eigenvalue weighted by Crippen LogP contribution is -2.67. The van der Waals surface area contributed by atoms with Gasteiger partial charge in [-0.2, -0.15) is 0 Å². The Labute approximate surface area is 392 Å². The molecule has 1 aliphatic rings. The number of rotatable bonds is 34. The number of nitrogens with one attached hydrogen (secondary N) is 1. The molecule has 1 rings (SSSR count). The number of ether oxygens (including phenoxy) is 8. The Morgan fingerprint density at radius 1 is 0.781 bits per heavy atom. The van der Waals surface area contributed by atoms with Crippen molar-refractivity contribution in [2.45, 2.75) is 162 Å². The van der Waals surface area contributed by atoms with Crippen LogP contribution in [0, 0.1) is 11.3 Å². The first-order chi connectivity index (χ1) is 30.6. The van der Waals surface area contributed by atoms with Crippen molar-refractivity contribution in [3.8, 4) is 0 Å². The van der Waals surface area contributed by atoms with Gasteiger partial charge in [-0.05, 0) is 50.8 Å². The highest BCUT2D eigenvalue weighted by atomic mass is 32.2. The van der Waals surface area contributed by atoms with Crippen molar-refractivity contribution in [3.63, 3.8) is 0 Å². The van der Waals surface area contributed by atoms with E-state index in [1.807, 2.05) is 0 Å². The molecular formula is C43H72N4O14S3. The lowest BCUT2D eigenvalue weighted by Gasteiger charge is -2.44. The fourth-order valence-corrected chi connectivity index (χ4v) is 9.11. The van der Waals surface area contributed by atoms with Gasteiger partial charge in [-0.3, -0.25) is 28.8 Å². The van der Waals surface area contributed by atoms with E-state index in [-0.39, 0.29) is 19.4 Å². The summed E-state index contributed by atoms with van der Waals surface area (Å²) in [6.45, 7) is 9.18. The zero-order valence-electron chi connectivity index (χ0n) is 38.8. The first-order valence-corrected chi connectivity index (χ1v) is 24.6. The van der Waals surface area contributed by atoms with E-state index >= 15 is 0 Å². The molecule has 1 N–H and O–H groups in total. The number of amides is 1. The molecule has 3 unspecified atom stereocenters. The summed E-state index contributed by atoms with van der Waals surface area (Å²) in [4.78, 5) is 79.9. The molecule has 0 bridgehead atoms. The second-order valence-electron chi connectivity index (χ2n) is 16.1. The van der Waals surface area contributed by atoms with Crippen LogP contribution in [0.4, 0.5) is 0 Å². The summed E-state index contributed by atoms with van der Waals surface area (Å²) in [5, 5.41) is 5.78. The lowest BCUT2D eigenvalue weighted by atomic mass is 9.81. The number of esters is 5. The van der Waals surface area contributed by atoms with Crippen LogP contribution in [0.2, 0.25) is 0 Å². The third-order valence-corrected chi connectivity index (χ3v) is 12.7. The van der Waals surface area contributed by atoms with Gasteiger partial charge in [0, 0.05) is 64.8 Å². The molecule has 64 heavy (non-hydrogen) atoms. The smallest absolute Gasteiger partial charge is 0.311 e. The molecule has 0 spiro atoms. The topological polar surface area (TPSA) is 237 Å². The molecule has 1 saturated heterocycles. The van der Waals surface area contributed by atoms with Gasteiger partial charge in [-0.15, -0.1) is 23.5 Å². The molecular weight excluding hydrogens is 893 g/mol. The highest BCUT2D eigenvalue weighted by molar-refractivity contribution is 8.47. The van der Waals surface area contributed by atoms with Crippen molar-refractivity contribution >= 4 is 75.0 Å². The predicted octanol–water partition coefficient (Wildman–Crippen LogP) is 7.56. The number of carbonyl (C=O) groups excluding carboxylic acids is 6. The first kappa shape index (κ1) is 58.8. The van der Waals surface area contributed by atoms with Crippen LogP contribution in [0.25, 0.3) is 10.4 Å². The maximum Gasteiger partial charge on any atom is 0.311 e. The van der Waals surface area contributed by atoms with Crippen LogP contribution >= 0.6 is 35.7 Å². The summed E-state index contributed by atoms with van der Waals surface area (Å²) >= 11 is 8.67. The normalized spacial score (nSPS) is 18.8. The number of thiocarbonyl (C=S) groups is 1. The van der Waals surface area contributed by atoms with Crippen molar-refractivity contribution < 1.29 is 66.7 Å². The second-order valence-corrected chi connectivity index (χ2v) is 19.5. The SMILES string of the molecule is CCCCCCCCCCCCSC(=S)SCCC(CC(C)(C)C(=O)OCCCOCCCOC)C(=O)O[C@@H]1OC(COC(C)=O)[C@@H](OC(C)=O)[C@H](OC(C)=O)C1NC(=O)CN=[N+]=[N-]. The number of nitrogens with zero attached hydrogens (tertiary/aromatic N) is 3. The average molecular weight is 965 g/mol. The van der Waals surface area contributed by atoms with Gasteiger partial charge in [0.15, 0.2) is 12.2 Å². The van der Waals surface area contributed by atoms with Crippen LogP contribution < -0.4 is 5.32 Å². The minimum Gasteiger partial charge on any atom is -0.465 e. The van der Waals surface area contributed by atoms with Crippen LogP contribution in [0.15, 0.2) is 5.11 Å². The number of hydrogen-bond donors (Lipinski definition) is 1. The molecule has 0 radical (unpaired) electrons. The molecule has 0 aromatic rings. The summed E-state index contributed by atoms with van der Waals surface area (Å²) in [5.74, 6) is -4.33. The van der Waals surface area contributed by atoms with Gasteiger partial charge < -0.3 is 43.2 Å². The van der Waals surface area contributed by atoms with E-state index in [1.165, 1.54) is 63.1 Å². The zero-order chi connectivity index (χ0) is 47.8. The number of azide groups is 1. The molecule has 0 aliphatic carbocycles. The van der Waals surface area contributed by atoms with E-state index in [2.05, 4.69) is 22.3 Å². The first-order valence-electron chi connectivity index (χ1n) is 22.2. The Bertz CT molecular complexity index is 1490. The number of methoxy groups -OCH3 is 1. The van der Waals surface area contributed by atoms with Gasteiger partial charge in [0.25, 0.3) is 0 Å². The van der Waals surface area contributed by atoms with Crippen molar-refractivity contribution in [2.24, 2.45) is 16.4 Å². The Morgan fingerprint density at radius 3 is 1.97 bits per heavy atom. The number of thioether (sulfide) groups is 2. The summed E-state index contributed by atoms with van der Waals surface area (Å²) in [5.41, 5.74) is 7.64. The van der Waals surface area contributed by atoms with Crippen molar-refractivity contribution in [1.29, 1.82) is 0 Å². The molecule has 21 heteroatoms. The summed E-state index contributed by atoms with van der Waals surface area (Å²) in [6.07, 6.45) is 7.62. The number of unbranched alkanes of at least 4 members (excludes halogenated alkanes) is 9. The molecule has 366 valence electrons. The van der Waals surface area contributed by atoms with E-state index in [0.717, 1.165) is 49.3 Å². The quantitative estimate of drug-likeness (QED) is 0.0125. The molecule has 1 heterocycles. The zero-order valence-corrected chi connectivity index (χ0v) is 41.3. The van der Waals surface area contributed by atoms with Crippen LogP contribution in [0.5, 0.6) is 0 Å². The summed E-state index contributed by atoms with van der Waals surface area (Å²) < 4.78 is 45.1. The van der Waals surface area contributed by atoms with E-state index in [0.29, 0.717) is 32.0 Å². The fraction of sp³-hybridized carbons (Fsp3) is 0.837. The number of carbonyl (C=O) groups is 6. The largest absolute Gasteiger partial charge is 0.465 e. The summed E-state index contributed by atoms with van der Waals surface area (Å²) in [7, 11) is 1.61. The summed E-state index contributed by atoms with van der Waals surface area (Å²) in [6, 6.07) is -1.52. The van der Waals surface area contributed by atoms with Gasteiger partial charge in [0.05, 0.1) is 17.9 Å². The van der Waals surface area contributed by atoms with E-state index < -0.39 is 90.9 Å². The third kappa shape index (κ3) is 26.7. The minimum absolute atomic E-state index is 0.0296. The Morgan fingerprint density at radius 2 is 1.38 bits per heavy atom. The van der Waals surface area contributed by atoms with E-state index in [4.69, 9.17) is 55.6 Å². The Kier molecular flexibility index (Phi) is 32.2. The van der Waals surface area contributed by atoms with Crippen molar-refractivity contribution in [3.05, 3.63) is 10.4 Å². The predicted molar refractivity (Wildman–Crippen MR) is 247 cm³/mol. The van der Waals surface area contributed by atoms with Crippen LogP contribution in [0.3, 0.4) is 0 Å². The number of hydrogen-bond acceptors (Lipinski definition) is 18. The molecule has 18 nitrogen and oxygen atoms in total. The minimum atomic E-state index is -1.73. The Hall–Kier alpha value is -3.20. The van der Waals surface area contributed by atoms with Crippen molar-refractivity contribution in [2.75, 3.05) is 58.2 Å². The lowest BCUT2D eigenvalue weighted by molar-refractivity contribution is -0.273. The molecule has 6 atom stereocenters. The monoisotopic (exact) mass is 964 g/mol. The molecule has 0 saturated carbocycles. The van der Waals surface area contributed by atoms with Gasteiger partial charge in [-0.25, -0.2) is 0 Å². The van der Waals surface area contributed by atoms with Crippen LogP contribution in [-0.2, 0) is 66.7 Å². The molecule has 1 fully saturated rings. The average Bonchev–Trinajstić information content (AvgIpc) is 3.23. The van der Waals surface area contributed by atoms with Crippen LogP contribution in [0.1, 0.15) is 131 Å². The van der Waals surface area contributed by atoms with E-state index in [9.17, 15) is 28.8 Å². The van der Waals surface area contributed by atoms with Gasteiger partial charge >= 0.3 is 29.8 Å². The molecule has 0 aromatic carbocycles. The maximum atomic E-state index is 14.4. The third-order valence-electron chi connectivity index (χ3n) is 9.89. The molecule has 1 amide bonds. The highest BCUT2D eigenvalue weighted by Crippen LogP contribution is 2.34. The fourth-order valence-electron chi connectivity index (χ4n) is 6.70. The maximum absolute atomic E-state index is 14.4. The second kappa shape index (κ2) is 35.1. The van der Waals surface area contributed by atoms with Gasteiger partial charge in [0.2, 0.25) is 12.2 Å². The standard InChI is InChI=1S/C43H72N4O14S3/c1-8-9-10-11-12-13-14-15-16-17-25-63-42(62)64-26-20-33(27-43(5,6)41(53)56-24-19-23-55-22-18-21-54-7)39(52)61-40-36(46-35(51)28-45-47-44)38(59-32(4)50)37(58-31(3)49)34(60-40)29-57-30(2)48/h33-34,36-38,40H,8-29H2,1-7H3,(H,46,51)/t33?,34?,36?,37-,38-,40+/m1/s1. The van der Waals surface area contributed by atoms with Gasteiger partial charge in [0.1, 0.15) is 28.8 Å². The van der Waals surface area contributed by atoms with Crippen LogP contribution in [-0.4, -0.2) is 128 Å². The van der Waals surface area contributed by atoms with Crippen molar-refractivity contribution in [1.82, 2.24) is 5.32 Å².